The topological polar surface area (TPSA) is 66.8 Å². The normalized spacial score (nSPS) is 35.2. The Balaban J connectivity index is 1.53. The Kier molecular flexibility index (Phi) is 2.87. The molecule has 1 aromatic carbocycles. The van der Waals surface area contributed by atoms with E-state index in [9.17, 15) is 14.7 Å². The van der Waals surface area contributed by atoms with E-state index < -0.39 is 29.5 Å². The lowest BCUT2D eigenvalue weighted by Gasteiger charge is -2.21. The molecule has 22 heavy (non-hydrogen) atoms. The van der Waals surface area contributed by atoms with E-state index in [2.05, 4.69) is 0 Å². The van der Waals surface area contributed by atoms with Crippen LogP contribution in [0.25, 0.3) is 0 Å². The van der Waals surface area contributed by atoms with Crippen LogP contribution in [-0.4, -0.2) is 46.7 Å². The molecule has 5 nitrogen and oxygen atoms in total. The van der Waals surface area contributed by atoms with Gasteiger partial charge in [-0.2, -0.15) is 0 Å². The molecule has 3 aliphatic rings. The number of hydrogen-bond donors (Lipinski definition) is 1. The molecule has 3 aliphatic heterocycles. The van der Waals surface area contributed by atoms with E-state index in [1.54, 1.807) is 11.0 Å². The maximum atomic E-state index is 12.7. The zero-order chi connectivity index (χ0) is 15.3. The van der Waals surface area contributed by atoms with Crippen LogP contribution < -0.4 is 0 Å². The van der Waals surface area contributed by atoms with E-state index in [4.69, 9.17) is 4.74 Å². The average molecular weight is 299 g/mol. The molecule has 0 unspecified atom stereocenters. The Morgan fingerprint density at radius 3 is 2.86 bits per heavy atom. The van der Waals surface area contributed by atoms with Gasteiger partial charge in [-0.3, -0.25) is 9.59 Å². The van der Waals surface area contributed by atoms with Crippen LogP contribution in [-0.2, 0) is 20.7 Å². The molecule has 4 rings (SSSR count). The van der Waals surface area contributed by atoms with Gasteiger partial charge in [-0.05, 0) is 12.0 Å². The van der Waals surface area contributed by atoms with Gasteiger partial charge >= 0.3 is 5.97 Å². The zero-order valence-electron chi connectivity index (χ0n) is 12.0. The Labute approximate surface area is 128 Å². The summed E-state index contributed by atoms with van der Waals surface area (Å²) in [5.74, 6) is -2.36. The first kappa shape index (κ1) is 13.5. The Hall–Kier alpha value is -2.14. The molecule has 1 amide bonds. The third-order valence-electron chi connectivity index (χ3n) is 4.98. The van der Waals surface area contributed by atoms with Crippen molar-refractivity contribution in [1.82, 2.24) is 4.90 Å². The van der Waals surface area contributed by atoms with Crippen molar-refractivity contribution in [3.8, 4) is 0 Å². The quantitative estimate of drug-likeness (QED) is 0.845. The fraction of sp³-hybridized carbons (Fsp3) is 0.412. The smallest absolute Gasteiger partial charge is 0.310 e. The van der Waals surface area contributed by atoms with Crippen LogP contribution in [0.1, 0.15) is 5.56 Å². The maximum Gasteiger partial charge on any atom is 0.310 e. The first-order chi connectivity index (χ1) is 10.6. The van der Waals surface area contributed by atoms with E-state index in [1.165, 1.54) is 5.56 Å². The Bertz CT molecular complexity index is 656. The van der Waals surface area contributed by atoms with Crippen molar-refractivity contribution < 1.29 is 19.4 Å². The molecule has 1 N–H and O–H groups in total. The summed E-state index contributed by atoms with van der Waals surface area (Å²) in [5, 5.41) is 9.41. The lowest BCUT2D eigenvalue weighted by molar-refractivity contribution is -0.148. The molecule has 5 heteroatoms. The molecule has 114 valence electrons. The second-order valence-electron chi connectivity index (χ2n) is 6.23. The molecule has 0 saturated carbocycles. The number of carboxylic acids is 1. The minimum Gasteiger partial charge on any atom is -0.481 e. The highest BCUT2D eigenvalue weighted by atomic mass is 16.5. The van der Waals surface area contributed by atoms with Crippen LogP contribution in [0.15, 0.2) is 42.5 Å². The molecule has 0 radical (unpaired) electrons. The van der Waals surface area contributed by atoms with Crippen LogP contribution in [0.2, 0.25) is 0 Å². The summed E-state index contributed by atoms with van der Waals surface area (Å²) < 4.78 is 5.86. The van der Waals surface area contributed by atoms with Gasteiger partial charge in [0.05, 0.1) is 18.6 Å². The predicted molar refractivity (Wildman–Crippen MR) is 78.1 cm³/mol. The van der Waals surface area contributed by atoms with Gasteiger partial charge in [-0.1, -0.05) is 42.5 Å². The molecule has 0 aromatic heterocycles. The van der Waals surface area contributed by atoms with Crippen LogP contribution in [0.4, 0.5) is 0 Å². The number of benzene rings is 1. The molecule has 2 bridgehead atoms. The van der Waals surface area contributed by atoms with Gasteiger partial charge in [0.15, 0.2) is 0 Å². The van der Waals surface area contributed by atoms with E-state index in [0.29, 0.717) is 13.1 Å². The Morgan fingerprint density at radius 1 is 1.36 bits per heavy atom. The summed E-state index contributed by atoms with van der Waals surface area (Å²) in [4.78, 5) is 25.9. The molecular formula is C17H17NO4. The summed E-state index contributed by atoms with van der Waals surface area (Å²) in [6.45, 7) is 1.05. The SMILES string of the molecule is O=C(O)[C@H]1[C@@H]2C=C[C@]3(CN(CCc4ccccc4)C(=O)[C@H]13)O2. The first-order valence-electron chi connectivity index (χ1n) is 7.53. The van der Waals surface area contributed by atoms with Gasteiger partial charge in [0.25, 0.3) is 0 Å². The van der Waals surface area contributed by atoms with Gasteiger partial charge in [-0.15, -0.1) is 0 Å². The van der Waals surface area contributed by atoms with Crippen LogP contribution in [0.5, 0.6) is 0 Å². The second kappa shape index (κ2) is 4.68. The third kappa shape index (κ3) is 1.82. The number of nitrogens with zero attached hydrogens (tertiary/aromatic N) is 1. The van der Waals surface area contributed by atoms with Crippen LogP contribution in [0, 0.1) is 11.8 Å². The van der Waals surface area contributed by atoms with E-state index in [1.807, 2.05) is 36.4 Å². The van der Waals surface area contributed by atoms with Crippen molar-refractivity contribution in [2.75, 3.05) is 13.1 Å². The summed E-state index contributed by atoms with van der Waals surface area (Å²) in [7, 11) is 0. The molecule has 1 spiro atoms. The van der Waals surface area contributed by atoms with Gasteiger partial charge < -0.3 is 14.7 Å². The van der Waals surface area contributed by atoms with Crippen molar-refractivity contribution in [2.45, 2.75) is 18.1 Å². The first-order valence-corrected chi connectivity index (χ1v) is 7.53. The summed E-state index contributed by atoms with van der Waals surface area (Å²) >= 11 is 0. The summed E-state index contributed by atoms with van der Waals surface area (Å²) in [6, 6.07) is 9.97. The fourth-order valence-corrected chi connectivity index (χ4v) is 3.96. The largest absolute Gasteiger partial charge is 0.481 e. The van der Waals surface area contributed by atoms with E-state index >= 15 is 0 Å². The van der Waals surface area contributed by atoms with E-state index in [0.717, 1.165) is 6.42 Å². The van der Waals surface area contributed by atoms with Crippen LogP contribution in [0.3, 0.4) is 0 Å². The summed E-state index contributed by atoms with van der Waals surface area (Å²) in [5.41, 5.74) is 0.446. The summed E-state index contributed by atoms with van der Waals surface area (Å²) in [6.07, 6.45) is 3.99. The highest BCUT2D eigenvalue weighted by Gasteiger charge is 2.66. The number of likely N-dealkylation sites (tertiary alicyclic amines) is 1. The number of carbonyl (C=O) groups is 2. The maximum absolute atomic E-state index is 12.7. The molecule has 3 heterocycles. The van der Waals surface area contributed by atoms with Crippen molar-refractivity contribution >= 4 is 11.9 Å². The number of fused-ring (bicyclic) bond motifs is 1. The van der Waals surface area contributed by atoms with Crippen LogP contribution >= 0.6 is 0 Å². The number of hydrogen-bond acceptors (Lipinski definition) is 3. The molecular weight excluding hydrogens is 282 g/mol. The van der Waals surface area contributed by atoms with Gasteiger partial charge in [-0.25, -0.2) is 0 Å². The molecule has 1 aromatic rings. The van der Waals surface area contributed by atoms with E-state index in [-0.39, 0.29) is 5.91 Å². The average Bonchev–Trinajstić information content (AvgIpc) is 3.14. The van der Waals surface area contributed by atoms with Crippen molar-refractivity contribution in [2.24, 2.45) is 11.8 Å². The molecule has 2 fully saturated rings. The molecule has 2 saturated heterocycles. The Morgan fingerprint density at radius 2 is 2.14 bits per heavy atom. The zero-order valence-corrected chi connectivity index (χ0v) is 12.0. The fourth-order valence-electron chi connectivity index (χ4n) is 3.96. The number of amides is 1. The van der Waals surface area contributed by atoms with Gasteiger partial charge in [0, 0.05) is 6.54 Å². The van der Waals surface area contributed by atoms with Crippen molar-refractivity contribution in [1.29, 1.82) is 0 Å². The third-order valence-corrected chi connectivity index (χ3v) is 4.98. The van der Waals surface area contributed by atoms with Gasteiger partial charge in [0.1, 0.15) is 11.5 Å². The lowest BCUT2D eigenvalue weighted by atomic mass is 9.77. The van der Waals surface area contributed by atoms with Gasteiger partial charge in [0.2, 0.25) is 5.91 Å². The van der Waals surface area contributed by atoms with Crippen molar-refractivity contribution in [3.05, 3.63) is 48.0 Å². The lowest BCUT2D eigenvalue weighted by Crippen LogP contribution is -2.39. The number of rotatable bonds is 4. The minimum atomic E-state index is -0.945. The minimum absolute atomic E-state index is 0.0878. The highest BCUT2D eigenvalue weighted by Crippen LogP contribution is 2.51. The number of carboxylic acid groups (broad SMARTS) is 1. The number of carbonyl (C=O) groups excluding carboxylic acids is 1. The number of ether oxygens (including phenoxy) is 1. The molecule has 4 atom stereocenters. The standard InChI is InChI=1S/C17H17NO4/c19-15-14-13(16(20)21)12-6-8-17(14,22-12)10-18(15)9-7-11-4-2-1-3-5-11/h1-6,8,12-14H,7,9-10H2,(H,20,21)/t12-,13-,14-,17+/m0/s1. The molecule has 0 aliphatic carbocycles. The predicted octanol–water partition coefficient (Wildman–Crippen LogP) is 1.10. The highest BCUT2D eigenvalue weighted by molar-refractivity contribution is 5.90. The van der Waals surface area contributed by atoms with Crippen molar-refractivity contribution in [3.63, 3.8) is 0 Å². The number of aliphatic carboxylic acids is 1. The monoisotopic (exact) mass is 299 g/mol. The second-order valence-corrected chi connectivity index (χ2v) is 6.23.